The number of hydrogen-bond acceptors (Lipinski definition) is 3. The first-order valence-electron chi connectivity index (χ1n) is 8.38. The van der Waals surface area contributed by atoms with Crippen LogP contribution in [0.1, 0.15) is 49.9 Å². The maximum atomic E-state index is 12.8. The summed E-state index contributed by atoms with van der Waals surface area (Å²) in [6.07, 6.45) is 2.78. The molecule has 0 aliphatic carbocycles. The molecule has 0 saturated carbocycles. The molecule has 132 valence electrons. The van der Waals surface area contributed by atoms with E-state index in [9.17, 15) is 8.42 Å². The topological polar surface area (TPSA) is 55.2 Å². The van der Waals surface area contributed by atoms with Gasteiger partial charge < -0.3 is 0 Å². The zero-order chi connectivity index (χ0) is 17.9. The van der Waals surface area contributed by atoms with Crippen LogP contribution in [0.3, 0.4) is 0 Å². The monoisotopic (exact) mass is 349 g/mol. The zero-order valence-corrected chi connectivity index (χ0v) is 16.0. The molecule has 0 spiro atoms. The van der Waals surface area contributed by atoms with Gasteiger partial charge in [0, 0.05) is 31.4 Å². The average Bonchev–Trinajstić information content (AvgIpc) is 2.94. The van der Waals surface area contributed by atoms with Gasteiger partial charge in [0.2, 0.25) is 10.0 Å². The summed E-state index contributed by atoms with van der Waals surface area (Å²) in [5.41, 5.74) is 3.10. The lowest BCUT2D eigenvalue weighted by Gasteiger charge is -2.18. The summed E-state index contributed by atoms with van der Waals surface area (Å²) in [6, 6.07) is 7.23. The number of hydrogen-bond donors (Lipinski definition) is 0. The number of rotatable bonds is 7. The van der Waals surface area contributed by atoms with Crippen LogP contribution in [0.15, 0.2) is 35.4 Å². The standard InChI is InChI=1S/C18H27N3O2S/c1-6-14(3)16-8-10-18(11-9-16)24(22,23)20(5)13-17-12-19-21(7-2)15(17)4/h8-12,14H,6-7,13H2,1-5H3/t14-/m0/s1. The SMILES string of the molecule is CC[C@H](C)c1ccc(S(=O)(=O)N(C)Cc2cnn(CC)c2C)cc1. The van der Waals surface area contributed by atoms with Crippen molar-refractivity contribution in [2.24, 2.45) is 0 Å². The summed E-state index contributed by atoms with van der Waals surface area (Å²) in [7, 11) is -1.89. The highest BCUT2D eigenvalue weighted by Crippen LogP contribution is 2.23. The Labute approximate surface area is 145 Å². The van der Waals surface area contributed by atoms with Crippen molar-refractivity contribution in [3.05, 3.63) is 47.3 Å². The van der Waals surface area contributed by atoms with Crippen molar-refractivity contribution < 1.29 is 8.42 Å². The van der Waals surface area contributed by atoms with Crippen LogP contribution < -0.4 is 0 Å². The average molecular weight is 350 g/mol. The van der Waals surface area contributed by atoms with Gasteiger partial charge in [0.05, 0.1) is 11.1 Å². The molecule has 24 heavy (non-hydrogen) atoms. The molecule has 0 unspecified atom stereocenters. The molecule has 1 aromatic heterocycles. The fraction of sp³-hybridized carbons (Fsp3) is 0.500. The molecule has 2 aromatic rings. The Morgan fingerprint density at radius 1 is 1.21 bits per heavy atom. The van der Waals surface area contributed by atoms with Crippen molar-refractivity contribution in [3.8, 4) is 0 Å². The first kappa shape index (κ1) is 18.7. The number of benzene rings is 1. The fourth-order valence-corrected chi connectivity index (χ4v) is 3.82. The van der Waals surface area contributed by atoms with E-state index in [-0.39, 0.29) is 0 Å². The largest absolute Gasteiger partial charge is 0.270 e. The Balaban J connectivity index is 2.21. The van der Waals surface area contributed by atoms with E-state index in [0.29, 0.717) is 17.4 Å². The van der Waals surface area contributed by atoms with E-state index < -0.39 is 10.0 Å². The molecule has 0 aliphatic rings. The Kier molecular flexibility index (Phi) is 5.83. The normalized spacial score (nSPS) is 13.4. The Morgan fingerprint density at radius 2 is 1.83 bits per heavy atom. The highest BCUT2D eigenvalue weighted by atomic mass is 32.2. The minimum atomic E-state index is -3.50. The first-order chi connectivity index (χ1) is 11.3. The predicted molar refractivity (Wildman–Crippen MR) is 96.4 cm³/mol. The lowest BCUT2D eigenvalue weighted by atomic mass is 9.99. The van der Waals surface area contributed by atoms with Gasteiger partial charge in [-0.2, -0.15) is 9.40 Å². The number of aryl methyl sites for hydroxylation is 1. The van der Waals surface area contributed by atoms with Crippen molar-refractivity contribution in [2.45, 2.75) is 58.0 Å². The molecule has 2 rings (SSSR count). The van der Waals surface area contributed by atoms with Gasteiger partial charge in [-0.3, -0.25) is 4.68 Å². The van der Waals surface area contributed by atoms with Gasteiger partial charge >= 0.3 is 0 Å². The van der Waals surface area contributed by atoms with Gasteiger partial charge in [-0.25, -0.2) is 8.42 Å². The summed E-state index contributed by atoms with van der Waals surface area (Å²) in [4.78, 5) is 0.331. The van der Waals surface area contributed by atoms with Gasteiger partial charge in [-0.1, -0.05) is 26.0 Å². The van der Waals surface area contributed by atoms with E-state index in [1.54, 1.807) is 25.4 Å². The molecular weight excluding hydrogens is 322 g/mol. The van der Waals surface area contributed by atoms with Crippen LogP contribution in [0.2, 0.25) is 0 Å². The van der Waals surface area contributed by atoms with E-state index in [0.717, 1.165) is 24.2 Å². The highest BCUT2D eigenvalue weighted by molar-refractivity contribution is 7.89. The summed E-state index contributed by atoms with van der Waals surface area (Å²) < 4.78 is 28.8. The second-order valence-corrected chi connectivity index (χ2v) is 8.26. The molecule has 1 aromatic carbocycles. The van der Waals surface area contributed by atoms with E-state index in [4.69, 9.17) is 0 Å². The molecule has 6 heteroatoms. The van der Waals surface area contributed by atoms with Gasteiger partial charge in [0.25, 0.3) is 0 Å². The Hall–Kier alpha value is -1.66. The molecule has 0 bridgehead atoms. The van der Waals surface area contributed by atoms with Gasteiger partial charge in [-0.15, -0.1) is 0 Å². The van der Waals surface area contributed by atoms with E-state index >= 15 is 0 Å². The van der Waals surface area contributed by atoms with Crippen LogP contribution in [-0.2, 0) is 23.1 Å². The van der Waals surface area contributed by atoms with Crippen LogP contribution in [0.5, 0.6) is 0 Å². The van der Waals surface area contributed by atoms with Gasteiger partial charge in [0.1, 0.15) is 0 Å². The third-order valence-electron chi connectivity index (χ3n) is 4.67. The molecule has 0 saturated heterocycles. The minimum absolute atomic E-state index is 0.321. The molecule has 0 N–H and O–H groups in total. The van der Waals surface area contributed by atoms with Gasteiger partial charge in [0.15, 0.2) is 0 Å². The summed E-state index contributed by atoms with van der Waals surface area (Å²) in [5, 5.41) is 4.28. The smallest absolute Gasteiger partial charge is 0.243 e. The van der Waals surface area contributed by atoms with Crippen LogP contribution in [-0.4, -0.2) is 29.6 Å². The zero-order valence-electron chi connectivity index (χ0n) is 15.2. The Bertz CT molecular complexity index is 779. The number of sulfonamides is 1. The first-order valence-corrected chi connectivity index (χ1v) is 9.82. The van der Waals surface area contributed by atoms with Crippen LogP contribution in [0, 0.1) is 6.92 Å². The van der Waals surface area contributed by atoms with E-state index in [1.165, 1.54) is 9.87 Å². The van der Waals surface area contributed by atoms with Crippen molar-refractivity contribution >= 4 is 10.0 Å². The molecular formula is C18H27N3O2S. The molecule has 0 aliphatic heterocycles. The minimum Gasteiger partial charge on any atom is -0.270 e. The molecule has 0 radical (unpaired) electrons. The molecule has 0 fully saturated rings. The molecule has 5 nitrogen and oxygen atoms in total. The quantitative estimate of drug-likeness (QED) is 0.768. The summed E-state index contributed by atoms with van der Waals surface area (Å²) in [5.74, 6) is 0.432. The number of aromatic nitrogens is 2. The fourth-order valence-electron chi connectivity index (χ4n) is 2.67. The van der Waals surface area contributed by atoms with Crippen LogP contribution in [0.4, 0.5) is 0 Å². The lowest BCUT2D eigenvalue weighted by Crippen LogP contribution is -2.26. The van der Waals surface area contributed by atoms with E-state index in [2.05, 4.69) is 18.9 Å². The molecule has 0 amide bonds. The van der Waals surface area contributed by atoms with Crippen molar-refractivity contribution in [1.29, 1.82) is 0 Å². The van der Waals surface area contributed by atoms with Crippen LogP contribution in [0.25, 0.3) is 0 Å². The molecule has 1 atom stereocenters. The predicted octanol–water partition coefficient (Wildman–Crippen LogP) is 3.55. The van der Waals surface area contributed by atoms with Crippen molar-refractivity contribution in [3.63, 3.8) is 0 Å². The second kappa shape index (κ2) is 7.49. The summed E-state index contributed by atoms with van der Waals surface area (Å²) >= 11 is 0. The second-order valence-electron chi connectivity index (χ2n) is 6.21. The van der Waals surface area contributed by atoms with Crippen molar-refractivity contribution in [1.82, 2.24) is 14.1 Å². The van der Waals surface area contributed by atoms with Gasteiger partial charge in [-0.05, 0) is 43.9 Å². The number of nitrogens with zero attached hydrogens (tertiary/aromatic N) is 3. The maximum Gasteiger partial charge on any atom is 0.243 e. The third-order valence-corrected chi connectivity index (χ3v) is 6.48. The third kappa shape index (κ3) is 3.70. The van der Waals surface area contributed by atoms with E-state index in [1.807, 2.05) is 30.7 Å². The van der Waals surface area contributed by atoms with Crippen LogP contribution >= 0.6 is 0 Å². The Morgan fingerprint density at radius 3 is 2.33 bits per heavy atom. The molecule has 1 heterocycles. The highest BCUT2D eigenvalue weighted by Gasteiger charge is 2.22. The summed E-state index contributed by atoms with van der Waals surface area (Å²) in [6.45, 7) is 9.35. The lowest BCUT2D eigenvalue weighted by molar-refractivity contribution is 0.465. The maximum absolute atomic E-state index is 12.8. The van der Waals surface area contributed by atoms with Crippen molar-refractivity contribution in [2.75, 3.05) is 7.05 Å².